The first-order valence-corrected chi connectivity index (χ1v) is 10.7. The summed E-state index contributed by atoms with van der Waals surface area (Å²) in [6, 6.07) is 9.08. The molecule has 0 amide bonds. The molecule has 26 heavy (non-hydrogen) atoms. The predicted molar refractivity (Wildman–Crippen MR) is 126 cm³/mol. The van der Waals surface area contributed by atoms with Crippen LogP contribution in [-0.2, 0) is 6.42 Å². The van der Waals surface area contributed by atoms with Crippen LogP contribution in [0.4, 0.5) is 0 Å². The normalized spacial score (nSPS) is 20.2. The lowest BCUT2D eigenvalue weighted by atomic mass is 10.1. The molecule has 144 valence electrons. The number of para-hydroxylation sites is 1. The second-order valence-corrected chi connectivity index (χ2v) is 7.87. The number of hydrogen-bond acceptors (Lipinski definition) is 2. The summed E-state index contributed by atoms with van der Waals surface area (Å²) in [6.07, 6.45) is 10.3. The number of hydrogen-bond donors (Lipinski definition) is 3. The van der Waals surface area contributed by atoms with E-state index < -0.39 is 0 Å². The van der Waals surface area contributed by atoms with Crippen molar-refractivity contribution in [1.29, 1.82) is 0 Å². The molecule has 3 N–H and O–H groups in total. The molecule has 6 heteroatoms. The maximum atomic E-state index is 4.78. The van der Waals surface area contributed by atoms with Gasteiger partial charge in [0, 0.05) is 41.5 Å². The van der Waals surface area contributed by atoms with Gasteiger partial charge in [0.2, 0.25) is 0 Å². The number of rotatable bonds is 7. The molecule has 2 unspecified atom stereocenters. The van der Waals surface area contributed by atoms with Crippen LogP contribution in [-0.4, -0.2) is 41.6 Å². The minimum absolute atomic E-state index is 0. The van der Waals surface area contributed by atoms with E-state index in [0.29, 0.717) is 6.04 Å². The zero-order valence-corrected chi connectivity index (χ0v) is 18.9. The van der Waals surface area contributed by atoms with Gasteiger partial charge in [0.25, 0.3) is 0 Å². The van der Waals surface area contributed by atoms with Gasteiger partial charge in [0.1, 0.15) is 0 Å². The van der Waals surface area contributed by atoms with E-state index in [9.17, 15) is 0 Å². The zero-order chi connectivity index (χ0) is 17.5. The van der Waals surface area contributed by atoms with Crippen molar-refractivity contribution in [1.82, 2.24) is 15.6 Å². The topological polar surface area (TPSA) is 52.2 Å². The molecule has 3 rings (SSSR count). The van der Waals surface area contributed by atoms with Gasteiger partial charge in [-0.25, -0.2) is 0 Å². The number of nitrogens with zero attached hydrogens (tertiary/aromatic N) is 1. The summed E-state index contributed by atoms with van der Waals surface area (Å²) in [7, 11) is 0. The lowest BCUT2D eigenvalue weighted by Crippen LogP contribution is -2.42. The van der Waals surface area contributed by atoms with Crippen molar-refractivity contribution >= 4 is 52.6 Å². The van der Waals surface area contributed by atoms with Gasteiger partial charge in [-0.05, 0) is 56.9 Å². The summed E-state index contributed by atoms with van der Waals surface area (Å²) < 4.78 is 0. The van der Waals surface area contributed by atoms with Crippen LogP contribution in [0.15, 0.2) is 35.5 Å². The summed E-state index contributed by atoms with van der Waals surface area (Å²) in [5, 5.41) is 9.16. The number of thioether (sulfide) groups is 1. The molecule has 0 radical (unpaired) electrons. The molecule has 0 aliphatic heterocycles. The van der Waals surface area contributed by atoms with Crippen molar-refractivity contribution < 1.29 is 0 Å². The minimum atomic E-state index is 0. The highest BCUT2D eigenvalue weighted by Gasteiger charge is 2.24. The van der Waals surface area contributed by atoms with E-state index in [1.807, 2.05) is 11.8 Å². The minimum Gasteiger partial charge on any atom is -0.361 e. The summed E-state index contributed by atoms with van der Waals surface area (Å²) in [4.78, 5) is 8.14. The van der Waals surface area contributed by atoms with Gasteiger partial charge in [0.15, 0.2) is 5.96 Å². The predicted octanol–water partition coefficient (Wildman–Crippen LogP) is 4.56. The maximum Gasteiger partial charge on any atom is 0.191 e. The molecular weight excluding hydrogens is 455 g/mol. The molecule has 1 aromatic heterocycles. The first kappa shape index (κ1) is 21.4. The summed E-state index contributed by atoms with van der Waals surface area (Å²) in [5.41, 5.74) is 2.61. The second-order valence-electron chi connectivity index (χ2n) is 6.74. The van der Waals surface area contributed by atoms with E-state index in [2.05, 4.69) is 59.3 Å². The van der Waals surface area contributed by atoms with Gasteiger partial charge >= 0.3 is 0 Å². The fourth-order valence-electron chi connectivity index (χ4n) is 3.60. The summed E-state index contributed by atoms with van der Waals surface area (Å²) in [6.45, 7) is 3.89. The number of aryl methyl sites for hydroxylation is 1. The third kappa shape index (κ3) is 5.81. The van der Waals surface area contributed by atoms with Crippen molar-refractivity contribution in [2.75, 3.05) is 19.3 Å². The number of H-pyrrole nitrogens is 1. The van der Waals surface area contributed by atoms with Crippen LogP contribution in [0.25, 0.3) is 10.9 Å². The Kier molecular flexibility index (Phi) is 9.11. The molecule has 1 aromatic carbocycles. The van der Waals surface area contributed by atoms with Crippen LogP contribution < -0.4 is 10.6 Å². The molecule has 2 aromatic rings. The molecule has 1 saturated carbocycles. The maximum absolute atomic E-state index is 4.78. The van der Waals surface area contributed by atoms with Gasteiger partial charge < -0.3 is 15.6 Å². The first-order chi connectivity index (χ1) is 12.3. The fourth-order valence-corrected chi connectivity index (χ4v) is 4.39. The average molecular weight is 486 g/mol. The van der Waals surface area contributed by atoms with Gasteiger partial charge in [0.05, 0.1) is 0 Å². The lowest BCUT2D eigenvalue weighted by molar-refractivity contribution is 0.614. The van der Waals surface area contributed by atoms with E-state index in [4.69, 9.17) is 4.99 Å². The van der Waals surface area contributed by atoms with E-state index in [0.717, 1.165) is 37.1 Å². The fraction of sp³-hybridized carbons (Fsp3) is 0.550. The quantitative estimate of drug-likeness (QED) is 0.233. The smallest absolute Gasteiger partial charge is 0.191 e. The molecule has 2 atom stereocenters. The zero-order valence-electron chi connectivity index (χ0n) is 15.8. The number of benzene rings is 1. The van der Waals surface area contributed by atoms with E-state index in [1.54, 1.807) is 0 Å². The highest BCUT2D eigenvalue weighted by Crippen LogP contribution is 2.28. The third-order valence-corrected chi connectivity index (χ3v) is 6.05. The van der Waals surface area contributed by atoms with Crippen LogP contribution in [0.5, 0.6) is 0 Å². The Labute approximate surface area is 178 Å². The standard InChI is InChI=1S/C20H30N4S.HI/c1-3-21-20(24-16-10-11-17(13-16)25-2)22-12-6-7-15-14-23-19-9-5-4-8-18(15)19;/h4-5,8-9,14,16-17,23H,3,6-7,10-13H2,1-2H3,(H2,21,22,24);1H. The van der Waals surface area contributed by atoms with Crippen molar-refractivity contribution in [3.8, 4) is 0 Å². The van der Waals surface area contributed by atoms with Crippen LogP contribution in [0.2, 0.25) is 0 Å². The molecular formula is C20H31IN4S. The number of guanidine groups is 1. The Hall–Kier alpha value is -0.890. The second kappa shape index (κ2) is 11.1. The summed E-state index contributed by atoms with van der Waals surface area (Å²) >= 11 is 1.99. The number of aromatic nitrogens is 1. The SMILES string of the molecule is CCNC(=NCCCc1c[nH]c2ccccc12)NC1CCC(SC)C1.I. The Balaban J connectivity index is 0.00000243. The van der Waals surface area contributed by atoms with E-state index in [1.165, 1.54) is 35.7 Å². The average Bonchev–Trinajstić information content (AvgIpc) is 3.25. The molecule has 1 aliphatic rings. The Bertz CT molecular complexity index is 700. The summed E-state index contributed by atoms with van der Waals surface area (Å²) in [5.74, 6) is 0.980. The van der Waals surface area contributed by atoms with E-state index in [-0.39, 0.29) is 24.0 Å². The van der Waals surface area contributed by atoms with Crippen LogP contribution in [0, 0.1) is 0 Å². The van der Waals surface area contributed by atoms with Gasteiger partial charge in [-0.3, -0.25) is 4.99 Å². The Morgan fingerprint density at radius 1 is 1.31 bits per heavy atom. The monoisotopic (exact) mass is 486 g/mol. The number of fused-ring (bicyclic) bond motifs is 1. The number of aromatic amines is 1. The van der Waals surface area contributed by atoms with Crippen LogP contribution >= 0.6 is 35.7 Å². The Morgan fingerprint density at radius 2 is 2.15 bits per heavy atom. The van der Waals surface area contributed by atoms with Crippen LogP contribution in [0.3, 0.4) is 0 Å². The Morgan fingerprint density at radius 3 is 2.92 bits per heavy atom. The molecule has 0 spiro atoms. The van der Waals surface area contributed by atoms with Crippen molar-refractivity contribution in [2.24, 2.45) is 4.99 Å². The molecule has 0 saturated heterocycles. The van der Waals surface area contributed by atoms with E-state index >= 15 is 0 Å². The highest BCUT2D eigenvalue weighted by atomic mass is 127. The molecule has 4 nitrogen and oxygen atoms in total. The molecule has 1 aliphatic carbocycles. The molecule has 1 heterocycles. The van der Waals surface area contributed by atoms with Crippen molar-refractivity contribution in [3.63, 3.8) is 0 Å². The third-order valence-electron chi connectivity index (χ3n) is 4.95. The molecule has 0 bridgehead atoms. The number of nitrogens with one attached hydrogen (secondary N) is 3. The first-order valence-electron chi connectivity index (χ1n) is 9.42. The lowest BCUT2D eigenvalue weighted by Gasteiger charge is -2.17. The largest absolute Gasteiger partial charge is 0.361 e. The van der Waals surface area contributed by atoms with Crippen LogP contribution in [0.1, 0.15) is 38.2 Å². The highest BCUT2D eigenvalue weighted by molar-refractivity contribution is 14.0. The van der Waals surface area contributed by atoms with Gasteiger partial charge in [-0.1, -0.05) is 18.2 Å². The number of halogens is 1. The van der Waals surface area contributed by atoms with Gasteiger partial charge in [-0.2, -0.15) is 11.8 Å². The van der Waals surface area contributed by atoms with Gasteiger partial charge in [-0.15, -0.1) is 24.0 Å². The van der Waals surface area contributed by atoms with Crippen molar-refractivity contribution in [2.45, 2.75) is 50.3 Å². The number of aliphatic imine (C=N–C) groups is 1. The molecule has 1 fully saturated rings. The van der Waals surface area contributed by atoms with Crippen molar-refractivity contribution in [3.05, 3.63) is 36.0 Å².